The molecule has 2 heterocycles. The van der Waals surface area contributed by atoms with Crippen LogP contribution in [0.5, 0.6) is 0 Å². The highest BCUT2D eigenvalue weighted by Gasteiger charge is 2.68. The molecule has 3 aliphatic rings. The van der Waals surface area contributed by atoms with Gasteiger partial charge in [0.15, 0.2) is 0 Å². The molecule has 4 rings (SSSR count). The molecule has 0 N–H and O–H groups in total. The molecule has 122 valence electrons. The molecule has 2 bridgehead atoms. The highest BCUT2D eigenvalue weighted by Crippen LogP contribution is 2.62. The number of piperidine rings is 2. The van der Waals surface area contributed by atoms with Crippen molar-refractivity contribution in [2.24, 2.45) is 5.41 Å². The van der Waals surface area contributed by atoms with E-state index >= 15 is 0 Å². The number of amides is 2. The van der Waals surface area contributed by atoms with Crippen LogP contribution in [-0.2, 0) is 15.0 Å². The molecule has 6 heteroatoms. The molecule has 3 fully saturated rings. The number of fused-ring (bicyclic) bond motifs is 2. The van der Waals surface area contributed by atoms with Crippen molar-refractivity contribution < 1.29 is 14.5 Å². The average Bonchev–Trinajstić information content (AvgIpc) is 2.51. The van der Waals surface area contributed by atoms with Gasteiger partial charge < -0.3 is 0 Å². The number of hydrogen-bond donors (Lipinski definition) is 0. The van der Waals surface area contributed by atoms with Crippen LogP contribution in [0.1, 0.15) is 45.1 Å². The minimum absolute atomic E-state index is 0.0102. The van der Waals surface area contributed by atoms with Gasteiger partial charge in [-0.2, -0.15) is 0 Å². The molecule has 0 aromatic heterocycles. The number of nitro groups is 1. The number of nitrogens with zero attached hydrogens (tertiary/aromatic N) is 2. The lowest BCUT2D eigenvalue weighted by Crippen LogP contribution is -2.71. The molecule has 2 saturated heterocycles. The van der Waals surface area contributed by atoms with E-state index in [1.165, 1.54) is 17.0 Å². The van der Waals surface area contributed by atoms with Crippen molar-refractivity contribution in [1.29, 1.82) is 0 Å². The Bertz CT molecular complexity index is 674. The third-order valence-corrected chi connectivity index (χ3v) is 5.39. The first-order valence-electron chi connectivity index (χ1n) is 8.01. The Balaban J connectivity index is 1.99. The zero-order valence-electron chi connectivity index (χ0n) is 13.4. The normalized spacial score (nSPS) is 29.4. The Morgan fingerprint density at radius 3 is 2.22 bits per heavy atom. The molecule has 0 radical (unpaired) electrons. The third-order valence-electron chi connectivity index (χ3n) is 5.39. The van der Waals surface area contributed by atoms with Crippen molar-refractivity contribution >= 4 is 17.5 Å². The van der Waals surface area contributed by atoms with Gasteiger partial charge in [-0.05, 0) is 31.2 Å². The average molecular weight is 316 g/mol. The molecule has 0 unspecified atom stereocenters. The van der Waals surface area contributed by atoms with Gasteiger partial charge in [-0.3, -0.25) is 24.6 Å². The summed E-state index contributed by atoms with van der Waals surface area (Å²) in [6.45, 7) is 4.36. The van der Waals surface area contributed by atoms with Crippen LogP contribution in [-0.4, -0.2) is 28.2 Å². The number of hydrogen-bond acceptors (Lipinski definition) is 4. The third kappa shape index (κ3) is 2.00. The van der Waals surface area contributed by atoms with Crippen LogP contribution in [0.15, 0.2) is 24.3 Å². The van der Waals surface area contributed by atoms with Gasteiger partial charge in [0.05, 0.1) is 15.8 Å². The lowest BCUT2D eigenvalue weighted by Gasteiger charge is -2.61. The number of non-ortho nitro benzene ring substituents is 1. The highest BCUT2D eigenvalue weighted by atomic mass is 16.6. The summed E-state index contributed by atoms with van der Waals surface area (Å²) in [5.41, 5.74) is -0.333. The van der Waals surface area contributed by atoms with Crippen LogP contribution < -0.4 is 0 Å². The summed E-state index contributed by atoms with van der Waals surface area (Å²) < 4.78 is 0. The van der Waals surface area contributed by atoms with Crippen molar-refractivity contribution in [2.75, 3.05) is 6.54 Å². The largest absolute Gasteiger partial charge is 0.281 e. The Morgan fingerprint density at radius 2 is 1.74 bits per heavy atom. The lowest BCUT2D eigenvalue weighted by atomic mass is 9.46. The van der Waals surface area contributed by atoms with Gasteiger partial charge in [0, 0.05) is 18.7 Å². The first-order chi connectivity index (χ1) is 10.9. The highest BCUT2D eigenvalue weighted by molar-refractivity contribution is 6.09. The van der Waals surface area contributed by atoms with Gasteiger partial charge in [-0.1, -0.05) is 26.0 Å². The van der Waals surface area contributed by atoms with Crippen LogP contribution in [0.3, 0.4) is 0 Å². The van der Waals surface area contributed by atoms with E-state index in [1.54, 1.807) is 12.1 Å². The molecule has 6 nitrogen and oxygen atoms in total. The van der Waals surface area contributed by atoms with Crippen molar-refractivity contribution in [3.05, 3.63) is 39.9 Å². The van der Waals surface area contributed by atoms with Crippen LogP contribution >= 0.6 is 0 Å². The number of carbonyl (C=O) groups is 2. The standard InChI is InChI=1S/C17H20N2O4/c1-3-9-18-14(20)16(4-2)10-17(11-16,15(18)21)12-5-7-13(8-6-12)19(22)23/h5-8H,3-4,9-11H2,1-2H3. The minimum Gasteiger partial charge on any atom is -0.281 e. The maximum absolute atomic E-state index is 12.9. The smallest absolute Gasteiger partial charge is 0.269 e. The SMILES string of the molecule is CCCN1C(=O)C2(CC)CC(c3ccc([N+](=O)[O-])cc3)(C2)C1=O. The molecule has 1 aromatic carbocycles. The fraction of sp³-hybridized carbons (Fsp3) is 0.529. The van der Waals surface area contributed by atoms with E-state index in [0.29, 0.717) is 25.8 Å². The maximum atomic E-state index is 12.9. The first-order valence-corrected chi connectivity index (χ1v) is 8.01. The Labute approximate surface area is 134 Å². The van der Waals surface area contributed by atoms with Gasteiger partial charge in [0.2, 0.25) is 11.8 Å². The molecule has 0 atom stereocenters. The Hall–Kier alpha value is -2.24. The van der Waals surface area contributed by atoms with Gasteiger partial charge in [-0.25, -0.2) is 0 Å². The quantitative estimate of drug-likeness (QED) is 0.475. The fourth-order valence-electron chi connectivity index (χ4n) is 4.10. The fourth-order valence-corrected chi connectivity index (χ4v) is 4.10. The zero-order chi connectivity index (χ0) is 16.8. The van der Waals surface area contributed by atoms with Crippen LogP contribution in [0.2, 0.25) is 0 Å². The summed E-state index contributed by atoms with van der Waals surface area (Å²) in [6, 6.07) is 6.19. The summed E-state index contributed by atoms with van der Waals surface area (Å²) in [6.07, 6.45) is 2.49. The predicted octanol–water partition coefficient (Wildman–Crippen LogP) is 2.80. The van der Waals surface area contributed by atoms with E-state index in [9.17, 15) is 19.7 Å². The van der Waals surface area contributed by atoms with Gasteiger partial charge in [-0.15, -0.1) is 0 Å². The number of nitro benzene ring substituents is 1. The van der Waals surface area contributed by atoms with Crippen molar-refractivity contribution in [1.82, 2.24) is 4.90 Å². The van der Waals surface area contributed by atoms with Gasteiger partial charge in [0.1, 0.15) is 0 Å². The molecular weight excluding hydrogens is 296 g/mol. The lowest BCUT2D eigenvalue weighted by molar-refractivity contribution is -0.384. The first kappa shape index (κ1) is 15.6. The number of imide groups is 1. The van der Waals surface area contributed by atoms with Crippen molar-refractivity contribution in [3.8, 4) is 0 Å². The minimum atomic E-state index is -0.686. The summed E-state index contributed by atoms with van der Waals surface area (Å²) in [4.78, 5) is 37.3. The second-order valence-corrected chi connectivity index (χ2v) is 6.64. The van der Waals surface area contributed by atoms with Crippen molar-refractivity contribution in [3.63, 3.8) is 0 Å². The summed E-state index contributed by atoms with van der Waals surface area (Å²) in [5.74, 6) is -0.191. The Kier molecular flexibility index (Phi) is 3.50. The zero-order valence-corrected chi connectivity index (χ0v) is 13.4. The second kappa shape index (κ2) is 5.15. The predicted molar refractivity (Wildman–Crippen MR) is 83.7 cm³/mol. The molecule has 1 aromatic rings. The summed E-state index contributed by atoms with van der Waals surface area (Å²) >= 11 is 0. The van der Waals surface area contributed by atoms with E-state index in [4.69, 9.17) is 0 Å². The molecular formula is C17H20N2O4. The number of carbonyl (C=O) groups excluding carboxylic acids is 2. The molecule has 1 aliphatic carbocycles. The van der Waals surface area contributed by atoms with Gasteiger partial charge in [0.25, 0.3) is 5.69 Å². The maximum Gasteiger partial charge on any atom is 0.269 e. The summed E-state index contributed by atoms with van der Waals surface area (Å²) in [5, 5.41) is 10.8. The number of benzene rings is 1. The van der Waals surface area contributed by atoms with E-state index in [2.05, 4.69) is 0 Å². The molecule has 0 spiro atoms. The second-order valence-electron chi connectivity index (χ2n) is 6.64. The number of rotatable bonds is 5. The molecule has 2 amide bonds. The van der Waals surface area contributed by atoms with Crippen LogP contribution in [0.25, 0.3) is 0 Å². The van der Waals surface area contributed by atoms with E-state index < -0.39 is 15.8 Å². The van der Waals surface area contributed by atoms with Crippen LogP contribution in [0.4, 0.5) is 5.69 Å². The monoisotopic (exact) mass is 316 g/mol. The topological polar surface area (TPSA) is 80.5 Å². The van der Waals surface area contributed by atoms with Crippen molar-refractivity contribution in [2.45, 2.75) is 44.9 Å². The van der Waals surface area contributed by atoms with Gasteiger partial charge >= 0.3 is 0 Å². The molecule has 1 saturated carbocycles. The van der Waals surface area contributed by atoms with E-state index in [-0.39, 0.29) is 17.5 Å². The van der Waals surface area contributed by atoms with Crippen LogP contribution in [0, 0.1) is 15.5 Å². The Morgan fingerprint density at radius 1 is 1.13 bits per heavy atom. The van der Waals surface area contributed by atoms with E-state index in [0.717, 1.165) is 12.0 Å². The summed E-state index contributed by atoms with van der Waals surface area (Å²) in [7, 11) is 0. The molecule has 23 heavy (non-hydrogen) atoms. The van der Waals surface area contributed by atoms with E-state index in [1.807, 2.05) is 13.8 Å². The molecule has 2 aliphatic heterocycles.